The van der Waals surface area contributed by atoms with Gasteiger partial charge in [0, 0.05) is 12.2 Å². The van der Waals surface area contributed by atoms with Crippen LogP contribution in [-0.2, 0) is 9.53 Å². The Labute approximate surface area is 167 Å². The molecule has 1 aromatic carbocycles. The lowest BCUT2D eigenvalue weighted by atomic mass is 10.2. The molecule has 0 aliphatic heterocycles. The van der Waals surface area contributed by atoms with Gasteiger partial charge in [-0.3, -0.25) is 4.79 Å². The first-order chi connectivity index (χ1) is 13.7. The zero-order chi connectivity index (χ0) is 19.3. The van der Waals surface area contributed by atoms with Crippen LogP contribution in [0.5, 0.6) is 0 Å². The Kier molecular flexibility index (Phi) is 5.53. The molecule has 2 heterocycles. The van der Waals surface area contributed by atoms with E-state index in [1.807, 2.05) is 47.8 Å². The van der Waals surface area contributed by atoms with Gasteiger partial charge < -0.3 is 10.1 Å². The zero-order valence-corrected chi connectivity index (χ0v) is 16.2. The molecule has 1 fully saturated rings. The quantitative estimate of drug-likeness (QED) is 0.644. The van der Waals surface area contributed by atoms with E-state index in [1.54, 1.807) is 10.9 Å². The average Bonchev–Trinajstić information content (AvgIpc) is 3.47. The first-order valence-corrected chi connectivity index (χ1v) is 10.2. The van der Waals surface area contributed by atoms with Crippen LogP contribution < -0.4 is 5.32 Å². The molecular formula is C21H21N3O3S. The Hall–Kier alpha value is -2.93. The average molecular weight is 395 g/mol. The fraction of sp³-hybridized carbons (Fsp3) is 0.286. The van der Waals surface area contributed by atoms with Crippen molar-refractivity contribution in [2.45, 2.75) is 31.7 Å². The van der Waals surface area contributed by atoms with Crippen molar-refractivity contribution in [1.29, 1.82) is 0 Å². The Morgan fingerprint density at radius 1 is 1.14 bits per heavy atom. The minimum Gasteiger partial charge on any atom is -0.452 e. The van der Waals surface area contributed by atoms with Crippen molar-refractivity contribution < 1.29 is 14.3 Å². The van der Waals surface area contributed by atoms with Crippen molar-refractivity contribution in [3.05, 3.63) is 59.6 Å². The molecule has 4 rings (SSSR count). The van der Waals surface area contributed by atoms with Crippen LogP contribution in [0.3, 0.4) is 0 Å². The van der Waals surface area contributed by atoms with Crippen molar-refractivity contribution >= 4 is 23.2 Å². The molecule has 1 aliphatic carbocycles. The van der Waals surface area contributed by atoms with Gasteiger partial charge in [0.25, 0.3) is 5.91 Å². The van der Waals surface area contributed by atoms with Crippen molar-refractivity contribution in [3.63, 3.8) is 0 Å². The van der Waals surface area contributed by atoms with E-state index in [9.17, 15) is 9.59 Å². The second kappa shape index (κ2) is 8.39. The minimum absolute atomic E-state index is 0.203. The lowest BCUT2D eigenvalue weighted by Gasteiger charge is -2.11. The van der Waals surface area contributed by atoms with Crippen molar-refractivity contribution in [2.75, 3.05) is 6.61 Å². The summed E-state index contributed by atoms with van der Waals surface area (Å²) in [4.78, 5) is 25.6. The van der Waals surface area contributed by atoms with Crippen LogP contribution in [0.15, 0.2) is 54.0 Å². The predicted molar refractivity (Wildman–Crippen MR) is 108 cm³/mol. The number of hydrogen-bond acceptors (Lipinski definition) is 5. The van der Waals surface area contributed by atoms with Crippen LogP contribution in [0.25, 0.3) is 16.3 Å². The molecule has 1 N–H and O–H groups in total. The molecule has 28 heavy (non-hydrogen) atoms. The van der Waals surface area contributed by atoms with Crippen LogP contribution in [0.1, 0.15) is 36.0 Å². The maximum atomic E-state index is 12.7. The van der Waals surface area contributed by atoms with Gasteiger partial charge in [-0.1, -0.05) is 37.1 Å². The van der Waals surface area contributed by atoms with Crippen LogP contribution >= 0.6 is 11.3 Å². The summed E-state index contributed by atoms with van der Waals surface area (Å²) in [6, 6.07) is 13.6. The summed E-state index contributed by atoms with van der Waals surface area (Å²) < 4.78 is 6.95. The second-order valence-corrected chi connectivity index (χ2v) is 7.72. The SMILES string of the molecule is O=C(COC(=O)c1cn(-c2ccccc2)nc1-c1cccs1)NC1CCCC1. The number of amides is 1. The Morgan fingerprint density at radius 3 is 2.64 bits per heavy atom. The molecule has 1 amide bonds. The minimum atomic E-state index is -0.549. The zero-order valence-electron chi connectivity index (χ0n) is 15.3. The molecule has 0 atom stereocenters. The first-order valence-electron chi connectivity index (χ1n) is 9.36. The highest BCUT2D eigenvalue weighted by Gasteiger charge is 2.22. The fourth-order valence-electron chi connectivity index (χ4n) is 3.38. The van der Waals surface area contributed by atoms with E-state index in [0.29, 0.717) is 11.3 Å². The summed E-state index contributed by atoms with van der Waals surface area (Å²) in [5, 5.41) is 9.44. The van der Waals surface area contributed by atoms with Gasteiger partial charge in [0.15, 0.2) is 6.61 Å². The van der Waals surface area contributed by atoms with Gasteiger partial charge >= 0.3 is 5.97 Å². The number of benzene rings is 1. The molecule has 0 bridgehead atoms. The van der Waals surface area contributed by atoms with Gasteiger partial charge in [0.1, 0.15) is 11.3 Å². The second-order valence-electron chi connectivity index (χ2n) is 6.77. The monoisotopic (exact) mass is 395 g/mol. The van der Waals surface area contributed by atoms with Crippen molar-refractivity contribution in [2.24, 2.45) is 0 Å². The summed E-state index contributed by atoms with van der Waals surface area (Å²) in [5.41, 5.74) is 1.75. The van der Waals surface area contributed by atoms with Crippen LogP contribution in [0, 0.1) is 0 Å². The Balaban J connectivity index is 1.51. The lowest BCUT2D eigenvalue weighted by Crippen LogP contribution is -2.35. The van der Waals surface area contributed by atoms with Crippen LogP contribution in [0.4, 0.5) is 0 Å². The van der Waals surface area contributed by atoms with E-state index in [2.05, 4.69) is 10.4 Å². The predicted octanol–water partition coefficient (Wildman–Crippen LogP) is 3.82. The van der Waals surface area contributed by atoms with Crippen molar-refractivity contribution in [3.8, 4) is 16.3 Å². The van der Waals surface area contributed by atoms with Gasteiger partial charge in [0.05, 0.1) is 10.6 Å². The van der Waals surface area contributed by atoms with E-state index in [-0.39, 0.29) is 18.6 Å². The molecule has 6 nitrogen and oxygen atoms in total. The highest BCUT2D eigenvalue weighted by Crippen LogP contribution is 2.28. The Bertz CT molecular complexity index is 945. The summed E-state index contributed by atoms with van der Waals surface area (Å²) in [5.74, 6) is -0.805. The third kappa shape index (κ3) is 4.14. The molecule has 2 aromatic heterocycles. The number of hydrogen-bond donors (Lipinski definition) is 1. The van der Waals surface area contributed by atoms with E-state index in [1.165, 1.54) is 11.3 Å². The van der Waals surface area contributed by atoms with Gasteiger partial charge in [-0.2, -0.15) is 5.10 Å². The summed E-state index contributed by atoms with van der Waals surface area (Å²) in [6.45, 7) is -0.282. The number of aromatic nitrogens is 2. The summed E-state index contributed by atoms with van der Waals surface area (Å²) >= 11 is 1.50. The van der Waals surface area contributed by atoms with Gasteiger partial charge in [-0.15, -0.1) is 11.3 Å². The lowest BCUT2D eigenvalue weighted by molar-refractivity contribution is -0.124. The number of carbonyl (C=O) groups is 2. The molecule has 1 aliphatic rings. The largest absolute Gasteiger partial charge is 0.452 e. The number of nitrogens with zero attached hydrogens (tertiary/aromatic N) is 2. The molecule has 0 unspecified atom stereocenters. The summed E-state index contributed by atoms with van der Waals surface area (Å²) in [6.07, 6.45) is 5.90. The first kappa shape index (κ1) is 18.4. The van der Waals surface area contributed by atoms with E-state index in [4.69, 9.17) is 4.74 Å². The fourth-order valence-corrected chi connectivity index (χ4v) is 4.10. The highest BCUT2D eigenvalue weighted by molar-refractivity contribution is 7.13. The number of para-hydroxylation sites is 1. The van der Waals surface area contributed by atoms with Gasteiger partial charge in [0.2, 0.25) is 0 Å². The van der Waals surface area contributed by atoms with E-state index < -0.39 is 5.97 Å². The molecule has 3 aromatic rings. The number of carbonyl (C=O) groups excluding carboxylic acids is 2. The number of ether oxygens (including phenoxy) is 1. The third-order valence-electron chi connectivity index (χ3n) is 4.76. The summed E-state index contributed by atoms with van der Waals surface area (Å²) in [7, 11) is 0. The Morgan fingerprint density at radius 2 is 1.93 bits per heavy atom. The normalized spacial score (nSPS) is 14.1. The maximum Gasteiger partial charge on any atom is 0.342 e. The van der Waals surface area contributed by atoms with E-state index in [0.717, 1.165) is 36.2 Å². The van der Waals surface area contributed by atoms with Crippen LogP contribution in [0.2, 0.25) is 0 Å². The molecule has 7 heteroatoms. The number of esters is 1. The molecule has 0 saturated heterocycles. The molecule has 1 saturated carbocycles. The highest BCUT2D eigenvalue weighted by atomic mass is 32.1. The topological polar surface area (TPSA) is 73.2 Å². The number of rotatable bonds is 6. The molecule has 144 valence electrons. The van der Waals surface area contributed by atoms with Gasteiger partial charge in [-0.05, 0) is 36.4 Å². The van der Waals surface area contributed by atoms with E-state index >= 15 is 0 Å². The molecular weight excluding hydrogens is 374 g/mol. The van der Waals surface area contributed by atoms with Crippen molar-refractivity contribution in [1.82, 2.24) is 15.1 Å². The number of thiophene rings is 1. The standard InChI is InChI=1S/C21H21N3O3S/c25-19(22-15-7-4-5-8-15)14-27-21(26)17-13-24(16-9-2-1-3-10-16)23-20(17)18-11-6-12-28-18/h1-3,6,9-13,15H,4-5,7-8,14H2,(H,22,25). The molecule has 0 spiro atoms. The van der Waals surface area contributed by atoms with Gasteiger partial charge in [-0.25, -0.2) is 9.48 Å². The maximum absolute atomic E-state index is 12.7. The van der Waals surface area contributed by atoms with Crippen LogP contribution in [-0.4, -0.2) is 34.3 Å². The molecule has 0 radical (unpaired) electrons. The third-order valence-corrected chi connectivity index (χ3v) is 5.64. The number of nitrogens with one attached hydrogen (secondary N) is 1. The smallest absolute Gasteiger partial charge is 0.342 e.